The fourth-order valence-electron chi connectivity index (χ4n) is 4.66. The summed E-state index contributed by atoms with van der Waals surface area (Å²) < 4.78 is 28.4. The number of rotatable bonds is 4. The van der Waals surface area contributed by atoms with E-state index in [1.54, 1.807) is 0 Å². The summed E-state index contributed by atoms with van der Waals surface area (Å²) >= 11 is 0.838. The fraction of sp³-hybridized carbons (Fsp3) is 0.348. The van der Waals surface area contributed by atoms with Crippen molar-refractivity contribution in [2.75, 3.05) is 29.0 Å². The van der Waals surface area contributed by atoms with E-state index >= 15 is 0 Å². The molecule has 0 radical (unpaired) electrons. The van der Waals surface area contributed by atoms with Gasteiger partial charge in [-0.25, -0.2) is 13.8 Å². The van der Waals surface area contributed by atoms with Crippen molar-refractivity contribution >= 4 is 33.6 Å². The SMILES string of the molecule is Nc1sc(-c2c(F)cccc2F)nc1C(=O)Nc1cnc2c(c1N1CCCC(N)C1)CCC2O. The quantitative estimate of drug-likeness (QED) is 0.445. The summed E-state index contributed by atoms with van der Waals surface area (Å²) in [6.45, 7) is 1.38. The lowest BCUT2D eigenvalue weighted by Crippen LogP contribution is -2.43. The van der Waals surface area contributed by atoms with E-state index in [1.165, 1.54) is 12.3 Å². The van der Waals surface area contributed by atoms with Crippen LogP contribution in [0.3, 0.4) is 0 Å². The van der Waals surface area contributed by atoms with E-state index in [4.69, 9.17) is 11.5 Å². The maximum atomic E-state index is 14.2. The molecule has 8 nitrogen and oxygen atoms in total. The summed E-state index contributed by atoms with van der Waals surface area (Å²) in [5.41, 5.74) is 14.5. The van der Waals surface area contributed by atoms with Gasteiger partial charge < -0.3 is 26.8 Å². The average Bonchev–Trinajstić information content (AvgIpc) is 3.36. The molecule has 0 saturated carbocycles. The van der Waals surface area contributed by atoms with Gasteiger partial charge in [-0.3, -0.25) is 9.78 Å². The van der Waals surface area contributed by atoms with E-state index in [1.807, 2.05) is 0 Å². The minimum Gasteiger partial charge on any atom is -0.389 e. The number of aliphatic hydroxyl groups is 1. The molecule has 2 aromatic heterocycles. The van der Waals surface area contributed by atoms with Crippen molar-refractivity contribution in [3.05, 3.63) is 53.0 Å². The highest BCUT2D eigenvalue weighted by Gasteiger charge is 2.31. The Morgan fingerprint density at radius 2 is 2.03 bits per heavy atom. The molecular formula is C23H24F2N6O2S. The summed E-state index contributed by atoms with van der Waals surface area (Å²) in [7, 11) is 0. The summed E-state index contributed by atoms with van der Waals surface area (Å²) in [6, 6.07) is 3.50. The Balaban J connectivity index is 1.50. The molecule has 0 spiro atoms. The van der Waals surface area contributed by atoms with E-state index in [0.717, 1.165) is 54.1 Å². The van der Waals surface area contributed by atoms with Crippen molar-refractivity contribution in [3.63, 3.8) is 0 Å². The number of anilines is 3. The second-order valence-corrected chi connectivity index (χ2v) is 9.60. The molecule has 1 aromatic carbocycles. The summed E-state index contributed by atoms with van der Waals surface area (Å²) in [6.07, 6.45) is 3.88. The van der Waals surface area contributed by atoms with Crippen LogP contribution in [0.4, 0.5) is 25.2 Å². The van der Waals surface area contributed by atoms with Crippen LogP contribution in [0.15, 0.2) is 24.4 Å². The second kappa shape index (κ2) is 8.90. The van der Waals surface area contributed by atoms with Crippen LogP contribution in [0.5, 0.6) is 0 Å². The van der Waals surface area contributed by atoms with Gasteiger partial charge in [-0.05, 0) is 37.8 Å². The van der Waals surface area contributed by atoms with Crippen LogP contribution < -0.4 is 21.7 Å². The minimum absolute atomic E-state index is 0.000137. The standard InChI is InChI=1S/C23H24F2N6O2S/c24-13-4-1-5-14(25)17(13)23-30-19(21(27)34-23)22(33)29-15-9-28-18-12(6-7-16(18)32)20(15)31-8-2-3-11(26)10-31/h1,4-5,9,11,16,32H,2-3,6-8,10,26-27H2,(H,29,33). The van der Waals surface area contributed by atoms with E-state index in [0.29, 0.717) is 30.8 Å². The molecule has 3 aromatic rings. The first kappa shape index (κ1) is 22.6. The van der Waals surface area contributed by atoms with E-state index in [-0.39, 0.29) is 27.3 Å². The number of amides is 1. The molecule has 2 atom stereocenters. The molecule has 0 bridgehead atoms. The van der Waals surface area contributed by atoms with Crippen LogP contribution in [0.2, 0.25) is 0 Å². The van der Waals surface area contributed by atoms with Gasteiger partial charge in [0.15, 0.2) is 5.69 Å². The number of aromatic nitrogens is 2. The summed E-state index contributed by atoms with van der Waals surface area (Å²) in [5.74, 6) is -2.18. The molecule has 34 heavy (non-hydrogen) atoms. The molecule has 1 fully saturated rings. The molecule has 2 aliphatic rings. The van der Waals surface area contributed by atoms with Crippen LogP contribution in [-0.2, 0) is 6.42 Å². The molecule has 1 amide bonds. The number of nitrogen functional groups attached to an aromatic ring is 1. The van der Waals surface area contributed by atoms with Gasteiger partial charge in [0.1, 0.15) is 21.6 Å². The van der Waals surface area contributed by atoms with Gasteiger partial charge in [0.25, 0.3) is 5.91 Å². The number of benzene rings is 1. The van der Waals surface area contributed by atoms with E-state index < -0.39 is 23.6 Å². The Bertz CT molecular complexity index is 1250. The van der Waals surface area contributed by atoms with Gasteiger partial charge in [-0.2, -0.15) is 0 Å². The number of hydrogen-bond acceptors (Lipinski definition) is 8. The first-order chi connectivity index (χ1) is 16.3. The topological polar surface area (TPSA) is 130 Å². The lowest BCUT2D eigenvalue weighted by atomic mass is 10.0. The van der Waals surface area contributed by atoms with Crippen molar-refractivity contribution in [2.24, 2.45) is 5.73 Å². The fourth-order valence-corrected chi connectivity index (χ4v) is 5.54. The second-order valence-electron chi connectivity index (χ2n) is 8.57. The number of piperidine rings is 1. The van der Waals surface area contributed by atoms with Crippen LogP contribution in [0, 0.1) is 11.6 Å². The van der Waals surface area contributed by atoms with Crippen molar-refractivity contribution in [1.82, 2.24) is 9.97 Å². The maximum absolute atomic E-state index is 14.2. The van der Waals surface area contributed by atoms with Crippen LogP contribution >= 0.6 is 11.3 Å². The molecule has 6 N–H and O–H groups in total. The zero-order valence-corrected chi connectivity index (χ0v) is 19.0. The number of nitrogens with zero attached hydrogens (tertiary/aromatic N) is 3. The number of hydrogen-bond donors (Lipinski definition) is 4. The van der Waals surface area contributed by atoms with Gasteiger partial charge >= 0.3 is 0 Å². The number of aliphatic hydroxyl groups excluding tert-OH is 1. The normalized spacial score (nSPS) is 19.8. The number of pyridine rings is 1. The summed E-state index contributed by atoms with van der Waals surface area (Å²) in [4.78, 5) is 23.8. The molecule has 178 valence electrons. The third-order valence-electron chi connectivity index (χ3n) is 6.23. The van der Waals surface area contributed by atoms with Gasteiger partial charge in [-0.1, -0.05) is 17.4 Å². The molecule has 1 aliphatic carbocycles. The van der Waals surface area contributed by atoms with Gasteiger partial charge in [0, 0.05) is 24.7 Å². The predicted molar refractivity (Wildman–Crippen MR) is 127 cm³/mol. The third kappa shape index (κ3) is 3.99. The number of thiazole rings is 1. The van der Waals surface area contributed by atoms with Crippen LogP contribution in [0.25, 0.3) is 10.6 Å². The predicted octanol–water partition coefficient (Wildman–Crippen LogP) is 3.22. The number of nitrogens with one attached hydrogen (secondary N) is 1. The molecule has 1 saturated heterocycles. The number of carbonyl (C=O) groups excluding carboxylic acids is 1. The number of carbonyl (C=O) groups is 1. The molecule has 11 heteroatoms. The number of halogens is 2. The van der Waals surface area contributed by atoms with Crippen molar-refractivity contribution < 1.29 is 18.7 Å². The Kier molecular flexibility index (Phi) is 5.92. The number of nitrogens with two attached hydrogens (primary N) is 2. The van der Waals surface area contributed by atoms with Gasteiger partial charge in [-0.15, -0.1) is 0 Å². The molecule has 5 rings (SSSR count). The van der Waals surface area contributed by atoms with Crippen LogP contribution in [0.1, 0.15) is 47.1 Å². The third-order valence-corrected chi connectivity index (χ3v) is 7.14. The van der Waals surface area contributed by atoms with Gasteiger partial charge in [0.2, 0.25) is 0 Å². The lowest BCUT2D eigenvalue weighted by molar-refractivity contribution is 0.102. The molecule has 3 heterocycles. The zero-order valence-electron chi connectivity index (χ0n) is 18.2. The Labute approximate surface area is 198 Å². The number of fused-ring (bicyclic) bond motifs is 1. The Hall–Kier alpha value is -3.15. The smallest absolute Gasteiger partial charge is 0.277 e. The van der Waals surface area contributed by atoms with E-state index in [2.05, 4.69) is 20.2 Å². The first-order valence-electron chi connectivity index (χ1n) is 11.1. The highest BCUT2D eigenvalue weighted by molar-refractivity contribution is 7.19. The monoisotopic (exact) mass is 486 g/mol. The van der Waals surface area contributed by atoms with Crippen molar-refractivity contribution in [2.45, 2.75) is 37.8 Å². The van der Waals surface area contributed by atoms with Gasteiger partial charge in [0.05, 0.1) is 34.9 Å². The maximum Gasteiger partial charge on any atom is 0.277 e. The highest BCUT2D eigenvalue weighted by atomic mass is 32.1. The first-order valence-corrected chi connectivity index (χ1v) is 11.9. The molecule has 2 unspecified atom stereocenters. The van der Waals surface area contributed by atoms with Crippen molar-refractivity contribution in [1.29, 1.82) is 0 Å². The lowest BCUT2D eigenvalue weighted by Gasteiger charge is -2.35. The highest BCUT2D eigenvalue weighted by Crippen LogP contribution is 2.41. The van der Waals surface area contributed by atoms with Crippen LogP contribution in [-0.4, -0.2) is 40.1 Å². The largest absolute Gasteiger partial charge is 0.389 e. The minimum atomic E-state index is -0.786. The Morgan fingerprint density at radius 1 is 1.26 bits per heavy atom. The zero-order chi connectivity index (χ0) is 24.0. The molecule has 1 aliphatic heterocycles. The molecular weight excluding hydrogens is 462 g/mol. The Morgan fingerprint density at radius 3 is 2.76 bits per heavy atom. The average molecular weight is 487 g/mol. The van der Waals surface area contributed by atoms with Crippen molar-refractivity contribution in [3.8, 4) is 10.6 Å². The summed E-state index contributed by atoms with van der Waals surface area (Å²) in [5, 5.41) is 13.2. The van der Waals surface area contributed by atoms with E-state index in [9.17, 15) is 18.7 Å².